The van der Waals surface area contributed by atoms with Gasteiger partial charge in [0.2, 0.25) is 0 Å². The first kappa shape index (κ1) is 8.80. The number of hydrogen-bond acceptors (Lipinski definition) is 1. The van der Waals surface area contributed by atoms with E-state index in [0.717, 1.165) is 0 Å². The van der Waals surface area contributed by atoms with Crippen molar-refractivity contribution in [2.75, 3.05) is 0 Å². The molecule has 0 radical (unpaired) electrons. The summed E-state index contributed by atoms with van der Waals surface area (Å²) < 4.78 is 0. The molecule has 0 N–H and O–H groups in total. The first-order chi connectivity index (χ1) is 5.70. The Balaban J connectivity index is 0.000000336. The molecule has 2 rings (SSSR count). The molecule has 1 heteroatoms. The molecule has 1 aliphatic carbocycles. The summed E-state index contributed by atoms with van der Waals surface area (Å²) in [5.74, 6) is 0. The molecular formula is C11H12N-. The maximum atomic E-state index is 6.25. The second kappa shape index (κ2) is 2.98. The Labute approximate surface area is 73.6 Å². The normalized spacial score (nSPS) is 11.1. The average molecular weight is 158 g/mol. The molecule has 12 heavy (non-hydrogen) atoms. The lowest BCUT2D eigenvalue weighted by atomic mass is 10.1. The molecule has 1 aromatic carbocycles. The minimum atomic E-state index is 1.26. The standard InChI is InChI=1S/C10H12.CN/c1-6-4-7(2)9-5-10(9)8(6)3;1-2/h4H,5H2,1-3H3;/q;-1. The molecule has 0 amide bonds. The van der Waals surface area contributed by atoms with Gasteiger partial charge in [-0.15, -0.1) is 0 Å². The van der Waals surface area contributed by atoms with Crippen LogP contribution in [0, 0.1) is 32.6 Å². The number of fused-ring (bicyclic) bond motifs is 1. The Kier molecular flexibility index (Phi) is 2.19. The van der Waals surface area contributed by atoms with Crippen LogP contribution in [0.2, 0.25) is 0 Å². The second-order valence-corrected chi connectivity index (χ2v) is 3.27. The molecule has 0 aromatic heterocycles. The van der Waals surface area contributed by atoms with Crippen LogP contribution < -0.4 is 0 Å². The average Bonchev–Trinajstić information content (AvgIpc) is 2.84. The van der Waals surface area contributed by atoms with E-state index in [-0.39, 0.29) is 0 Å². The molecule has 0 saturated carbocycles. The fraction of sp³-hybridized carbons (Fsp3) is 0.364. The molecule has 1 aliphatic rings. The van der Waals surface area contributed by atoms with Crippen LogP contribution in [0.1, 0.15) is 27.8 Å². The Morgan fingerprint density at radius 1 is 1.08 bits per heavy atom. The van der Waals surface area contributed by atoms with Gasteiger partial charge in [-0.3, -0.25) is 0 Å². The Bertz CT molecular complexity index is 331. The molecule has 62 valence electrons. The van der Waals surface area contributed by atoms with E-state index >= 15 is 0 Å². The molecule has 1 nitrogen and oxygen atoms in total. The lowest BCUT2D eigenvalue weighted by Crippen LogP contribution is -1.80. The van der Waals surface area contributed by atoms with Gasteiger partial charge in [-0.05, 0) is 55.0 Å². The van der Waals surface area contributed by atoms with Gasteiger partial charge in [-0.1, -0.05) is 6.07 Å². The zero-order valence-corrected chi connectivity index (χ0v) is 7.73. The fourth-order valence-corrected chi connectivity index (χ4v) is 1.63. The van der Waals surface area contributed by atoms with E-state index in [2.05, 4.69) is 26.8 Å². The summed E-state index contributed by atoms with van der Waals surface area (Å²) in [7, 11) is 0. The first-order valence-corrected chi connectivity index (χ1v) is 4.01. The number of nitrogens with zero attached hydrogens (tertiary/aromatic N) is 1. The van der Waals surface area contributed by atoms with Gasteiger partial charge in [0.1, 0.15) is 0 Å². The largest absolute Gasteiger partial charge is 0.512 e. The number of benzene rings is 1. The van der Waals surface area contributed by atoms with Crippen LogP contribution in [0.4, 0.5) is 0 Å². The molecule has 0 aliphatic heterocycles. The molecule has 0 unspecified atom stereocenters. The van der Waals surface area contributed by atoms with Crippen LogP contribution in [-0.4, -0.2) is 0 Å². The van der Waals surface area contributed by atoms with Crippen LogP contribution >= 0.6 is 0 Å². The van der Waals surface area contributed by atoms with E-state index in [9.17, 15) is 0 Å². The van der Waals surface area contributed by atoms with Crippen molar-refractivity contribution in [1.82, 2.24) is 0 Å². The summed E-state index contributed by atoms with van der Waals surface area (Å²) >= 11 is 0. The van der Waals surface area contributed by atoms with Gasteiger partial charge < -0.3 is 11.8 Å². The summed E-state index contributed by atoms with van der Waals surface area (Å²) in [6, 6.07) is 2.29. The highest BCUT2D eigenvalue weighted by atomic mass is 14.3. The van der Waals surface area contributed by atoms with Crippen LogP contribution in [-0.2, 0) is 6.42 Å². The molecule has 0 spiro atoms. The van der Waals surface area contributed by atoms with Crippen molar-refractivity contribution < 1.29 is 0 Å². The van der Waals surface area contributed by atoms with Crippen molar-refractivity contribution in [2.24, 2.45) is 0 Å². The quantitative estimate of drug-likeness (QED) is 0.541. The van der Waals surface area contributed by atoms with Crippen LogP contribution in [0.5, 0.6) is 0 Å². The number of rotatable bonds is 0. The van der Waals surface area contributed by atoms with Gasteiger partial charge in [0.15, 0.2) is 0 Å². The lowest BCUT2D eigenvalue weighted by Gasteiger charge is -1.97. The molecule has 0 heterocycles. The SMILES string of the molecule is Cc1cc(C)c2c(c1C)C2.[C-]#N. The van der Waals surface area contributed by atoms with Crippen molar-refractivity contribution in [3.05, 3.63) is 40.5 Å². The molecule has 0 fully saturated rings. The van der Waals surface area contributed by atoms with Crippen molar-refractivity contribution >= 4 is 0 Å². The van der Waals surface area contributed by atoms with E-state index in [0.29, 0.717) is 0 Å². The summed E-state index contributed by atoms with van der Waals surface area (Å²) in [5.41, 5.74) is 7.66. The summed E-state index contributed by atoms with van der Waals surface area (Å²) in [5, 5.41) is 6.25. The smallest absolute Gasteiger partial charge is 0.00145 e. The zero-order valence-electron chi connectivity index (χ0n) is 7.73. The van der Waals surface area contributed by atoms with E-state index in [4.69, 9.17) is 11.8 Å². The Morgan fingerprint density at radius 2 is 1.67 bits per heavy atom. The third-order valence-corrected chi connectivity index (χ3v) is 2.55. The van der Waals surface area contributed by atoms with Crippen molar-refractivity contribution in [3.8, 4) is 0 Å². The highest BCUT2D eigenvalue weighted by Crippen LogP contribution is 2.35. The predicted octanol–water partition coefficient (Wildman–Crippen LogP) is 2.61. The molecule has 0 bridgehead atoms. The summed E-state index contributed by atoms with van der Waals surface area (Å²) in [6.07, 6.45) is 1.26. The van der Waals surface area contributed by atoms with Crippen LogP contribution in [0.15, 0.2) is 6.07 Å². The molecule has 0 saturated heterocycles. The Hall–Kier alpha value is -1.29. The Morgan fingerprint density at radius 3 is 2.25 bits per heavy atom. The van der Waals surface area contributed by atoms with E-state index in [1.165, 1.54) is 23.1 Å². The monoisotopic (exact) mass is 158 g/mol. The van der Waals surface area contributed by atoms with Crippen molar-refractivity contribution in [1.29, 1.82) is 5.26 Å². The van der Waals surface area contributed by atoms with Gasteiger partial charge >= 0.3 is 0 Å². The van der Waals surface area contributed by atoms with Gasteiger partial charge in [-0.25, -0.2) is 0 Å². The third-order valence-electron chi connectivity index (χ3n) is 2.55. The highest BCUT2D eigenvalue weighted by Gasteiger charge is 2.22. The molecular weight excluding hydrogens is 146 g/mol. The lowest BCUT2D eigenvalue weighted by molar-refractivity contribution is 1.31. The second-order valence-electron chi connectivity index (χ2n) is 3.27. The van der Waals surface area contributed by atoms with Crippen LogP contribution in [0.25, 0.3) is 0 Å². The predicted molar refractivity (Wildman–Crippen MR) is 48.4 cm³/mol. The van der Waals surface area contributed by atoms with Crippen molar-refractivity contribution in [3.63, 3.8) is 0 Å². The zero-order chi connectivity index (χ0) is 9.30. The third kappa shape index (κ3) is 1.21. The van der Waals surface area contributed by atoms with Crippen molar-refractivity contribution in [2.45, 2.75) is 27.2 Å². The maximum absolute atomic E-state index is 6.25. The van der Waals surface area contributed by atoms with Gasteiger partial charge in [0.05, 0.1) is 0 Å². The summed E-state index contributed by atoms with van der Waals surface area (Å²) in [6.45, 7) is 11.4. The number of aryl methyl sites for hydroxylation is 2. The van der Waals surface area contributed by atoms with Gasteiger partial charge in [-0.2, -0.15) is 0 Å². The molecule has 1 aromatic rings. The van der Waals surface area contributed by atoms with E-state index in [1.54, 1.807) is 11.1 Å². The van der Waals surface area contributed by atoms with Gasteiger partial charge in [0.25, 0.3) is 0 Å². The topological polar surface area (TPSA) is 23.8 Å². The minimum absolute atomic E-state index is 1.26. The summed E-state index contributed by atoms with van der Waals surface area (Å²) in [4.78, 5) is 0. The van der Waals surface area contributed by atoms with E-state index < -0.39 is 0 Å². The molecule has 0 atom stereocenters. The minimum Gasteiger partial charge on any atom is -0.512 e. The highest BCUT2D eigenvalue weighted by molar-refractivity contribution is 5.57. The maximum Gasteiger partial charge on any atom is -0.00145 e. The van der Waals surface area contributed by atoms with E-state index in [1.807, 2.05) is 0 Å². The number of hydrogen-bond donors (Lipinski definition) is 0. The van der Waals surface area contributed by atoms with Crippen LogP contribution in [0.3, 0.4) is 0 Å². The van der Waals surface area contributed by atoms with Gasteiger partial charge in [0, 0.05) is 0 Å². The fourth-order valence-electron chi connectivity index (χ4n) is 1.63. The first-order valence-electron chi connectivity index (χ1n) is 4.01.